The Hall–Kier alpha value is -3.04. The molecule has 0 aromatic rings. The van der Waals surface area contributed by atoms with Crippen LogP contribution in [0.15, 0.2) is 85.1 Å². The number of carbonyl (C=O) groups excluding carboxylic acids is 1. The molecule has 0 saturated carbocycles. The number of aliphatic hydroxyl groups excluding tert-OH is 1. The van der Waals surface area contributed by atoms with E-state index in [0.29, 0.717) is 17.4 Å². The fourth-order valence-corrected chi connectivity index (χ4v) is 5.87. The minimum atomic E-state index is -1.47. The maximum atomic E-state index is 12.0. The van der Waals surface area contributed by atoms with Crippen molar-refractivity contribution in [2.24, 2.45) is 0 Å². The maximum absolute atomic E-state index is 12.0. The van der Waals surface area contributed by atoms with Crippen LogP contribution in [-0.4, -0.2) is 86.5 Å². The smallest absolute Gasteiger partial charge is 0.361 e. The minimum Gasteiger partial charge on any atom is -0.477 e. The van der Waals surface area contributed by atoms with Crippen LogP contribution in [0.25, 0.3) is 0 Å². The van der Waals surface area contributed by atoms with Gasteiger partial charge in [-0.1, -0.05) is 175 Å². The van der Waals surface area contributed by atoms with Gasteiger partial charge in [0.1, 0.15) is 19.3 Å². The average Bonchev–Trinajstić information content (AvgIpc) is 3.19. The van der Waals surface area contributed by atoms with Gasteiger partial charge in [0.2, 0.25) is 0 Å². The van der Waals surface area contributed by atoms with Gasteiger partial charge in [0.25, 0.3) is 6.29 Å². The SMILES string of the molecule is CC/C=C\C/C=C\C/C=C\C/C=C\C/C=C\C/C=C\C/C=C\CCCCCCCCCCCCCCCCCC(=O)OCC(O)COC(OCC[N+](C)(C)C)C(=O)O. The lowest BCUT2D eigenvalue weighted by atomic mass is 10.0. The molecular formula is C50H86NO7+. The molecular weight excluding hydrogens is 727 g/mol. The summed E-state index contributed by atoms with van der Waals surface area (Å²) in [6.07, 6.45) is 56.4. The van der Waals surface area contributed by atoms with E-state index in [0.717, 1.165) is 64.2 Å². The lowest BCUT2D eigenvalue weighted by Gasteiger charge is -2.24. The largest absolute Gasteiger partial charge is 0.477 e. The zero-order chi connectivity index (χ0) is 42.6. The molecule has 8 heteroatoms. The Morgan fingerprint density at radius 2 is 0.897 bits per heavy atom. The second kappa shape index (κ2) is 42.1. The number of aliphatic carboxylic acids is 1. The Kier molecular flexibility index (Phi) is 39.9. The molecule has 0 rings (SSSR count). The molecule has 0 aromatic carbocycles. The number of allylic oxidation sites excluding steroid dienone is 14. The number of hydrogen-bond donors (Lipinski definition) is 2. The highest BCUT2D eigenvalue weighted by Crippen LogP contribution is 2.14. The molecule has 8 nitrogen and oxygen atoms in total. The van der Waals surface area contributed by atoms with Crippen molar-refractivity contribution in [1.82, 2.24) is 0 Å². The Balaban J connectivity index is 3.49. The standard InChI is InChI=1S/C50H85NO7/c1-5-6-7-8-9-10-11-12-13-14-15-16-17-18-19-20-21-22-23-24-25-26-27-28-29-30-31-32-33-34-35-36-37-38-39-40-41-42-48(53)57-45-47(52)46-58-50(49(54)55)56-44-43-51(2,3)4/h6-7,9-10,12-13,15-16,18-19,21-22,24-25,47,50,52H,5,8,11,14,17,20,23,26-46H2,1-4H3/p+1/b7-6-,10-9-,13-12-,16-15-,19-18-,22-21-,25-24-. The van der Waals surface area contributed by atoms with Crippen molar-refractivity contribution >= 4 is 11.9 Å². The Bertz CT molecular complexity index is 1160. The van der Waals surface area contributed by atoms with E-state index in [1.54, 1.807) is 0 Å². The van der Waals surface area contributed by atoms with Gasteiger partial charge in [-0.15, -0.1) is 0 Å². The number of rotatable bonds is 41. The molecule has 0 aliphatic rings. The molecule has 0 aliphatic carbocycles. The highest BCUT2D eigenvalue weighted by molar-refractivity contribution is 5.70. The van der Waals surface area contributed by atoms with Crippen molar-refractivity contribution in [3.63, 3.8) is 0 Å². The number of carboxylic acids is 1. The second-order valence-electron chi connectivity index (χ2n) is 16.2. The van der Waals surface area contributed by atoms with Gasteiger partial charge in [-0.05, 0) is 64.2 Å². The fourth-order valence-electron chi connectivity index (χ4n) is 5.87. The van der Waals surface area contributed by atoms with Crippen molar-refractivity contribution < 1.29 is 38.5 Å². The summed E-state index contributed by atoms with van der Waals surface area (Å²) in [4.78, 5) is 23.3. The topological polar surface area (TPSA) is 102 Å². The predicted molar refractivity (Wildman–Crippen MR) is 244 cm³/mol. The van der Waals surface area contributed by atoms with E-state index >= 15 is 0 Å². The lowest BCUT2D eigenvalue weighted by molar-refractivity contribution is -0.870. The molecule has 0 heterocycles. The molecule has 2 atom stereocenters. The number of nitrogens with zero attached hydrogens (tertiary/aromatic N) is 1. The summed E-state index contributed by atoms with van der Waals surface area (Å²) in [6, 6.07) is 0. The highest BCUT2D eigenvalue weighted by Gasteiger charge is 2.22. The molecule has 0 aromatic heterocycles. The lowest BCUT2D eigenvalue weighted by Crippen LogP contribution is -2.40. The summed E-state index contributed by atoms with van der Waals surface area (Å²) in [6.45, 7) is 2.47. The number of likely N-dealkylation sites (N-methyl/N-ethyl adjacent to an activating group) is 1. The quantitative estimate of drug-likeness (QED) is 0.0208. The summed E-state index contributed by atoms with van der Waals surface area (Å²) >= 11 is 0. The number of aliphatic hydroxyl groups is 1. The second-order valence-corrected chi connectivity index (χ2v) is 16.2. The van der Waals surface area contributed by atoms with Crippen molar-refractivity contribution in [2.45, 2.75) is 173 Å². The molecule has 0 bridgehead atoms. The number of carboxylic acid groups (broad SMARTS) is 1. The number of esters is 1. The molecule has 2 unspecified atom stereocenters. The van der Waals surface area contributed by atoms with Crippen molar-refractivity contribution in [3.8, 4) is 0 Å². The average molecular weight is 813 g/mol. The van der Waals surface area contributed by atoms with Crippen molar-refractivity contribution in [3.05, 3.63) is 85.1 Å². The zero-order valence-corrected chi connectivity index (χ0v) is 37.4. The van der Waals surface area contributed by atoms with Crippen molar-refractivity contribution in [1.29, 1.82) is 0 Å². The third-order valence-electron chi connectivity index (χ3n) is 9.40. The summed E-state index contributed by atoms with van der Waals surface area (Å²) < 4.78 is 16.2. The molecule has 0 amide bonds. The summed E-state index contributed by atoms with van der Waals surface area (Å²) in [5.74, 6) is -1.61. The summed E-state index contributed by atoms with van der Waals surface area (Å²) in [5.41, 5.74) is 0. The van der Waals surface area contributed by atoms with Gasteiger partial charge in [-0.3, -0.25) is 4.79 Å². The zero-order valence-electron chi connectivity index (χ0n) is 37.4. The first-order chi connectivity index (χ1) is 28.2. The van der Waals surface area contributed by atoms with Gasteiger partial charge in [0, 0.05) is 6.42 Å². The third-order valence-corrected chi connectivity index (χ3v) is 9.40. The number of quaternary nitrogens is 1. The van der Waals surface area contributed by atoms with E-state index in [9.17, 15) is 19.8 Å². The number of unbranched alkanes of at least 4 members (excludes halogenated alkanes) is 15. The van der Waals surface area contributed by atoms with Crippen LogP contribution < -0.4 is 0 Å². The van der Waals surface area contributed by atoms with Gasteiger partial charge in [-0.2, -0.15) is 0 Å². The van der Waals surface area contributed by atoms with E-state index in [1.165, 1.54) is 83.5 Å². The maximum Gasteiger partial charge on any atom is 0.361 e. The van der Waals surface area contributed by atoms with Gasteiger partial charge in [-0.25, -0.2) is 4.79 Å². The van der Waals surface area contributed by atoms with Gasteiger partial charge in [0.05, 0.1) is 34.4 Å². The highest BCUT2D eigenvalue weighted by atomic mass is 16.7. The number of ether oxygens (including phenoxy) is 3. The van der Waals surface area contributed by atoms with E-state index in [1.807, 2.05) is 21.1 Å². The van der Waals surface area contributed by atoms with Crippen molar-refractivity contribution in [2.75, 3.05) is 47.5 Å². The molecule has 2 N–H and O–H groups in total. The van der Waals surface area contributed by atoms with Crippen LogP contribution in [0, 0.1) is 0 Å². The van der Waals surface area contributed by atoms with E-state index in [-0.39, 0.29) is 25.8 Å². The first-order valence-electron chi connectivity index (χ1n) is 22.8. The molecule has 0 saturated heterocycles. The van der Waals surface area contributed by atoms with E-state index in [4.69, 9.17) is 14.2 Å². The monoisotopic (exact) mass is 813 g/mol. The van der Waals surface area contributed by atoms with Crippen LogP contribution >= 0.6 is 0 Å². The van der Waals surface area contributed by atoms with Crippen LogP contribution in [0.4, 0.5) is 0 Å². The Morgan fingerprint density at radius 3 is 1.29 bits per heavy atom. The van der Waals surface area contributed by atoms with Gasteiger partial charge in [0.15, 0.2) is 0 Å². The summed E-state index contributed by atoms with van der Waals surface area (Å²) in [7, 11) is 5.92. The Labute approximate surface area is 355 Å². The Morgan fingerprint density at radius 1 is 0.517 bits per heavy atom. The van der Waals surface area contributed by atoms with Crippen LogP contribution in [0.5, 0.6) is 0 Å². The molecule has 0 spiro atoms. The van der Waals surface area contributed by atoms with E-state index in [2.05, 4.69) is 92.0 Å². The van der Waals surface area contributed by atoms with Gasteiger partial charge < -0.3 is 28.9 Å². The predicted octanol–water partition coefficient (Wildman–Crippen LogP) is 12.3. The first-order valence-corrected chi connectivity index (χ1v) is 22.8. The van der Waals surface area contributed by atoms with Crippen LogP contribution in [0.3, 0.4) is 0 Å². The van der Waals surface area contributed by atoms with Crippen LogP contribution in [0.1, 0.15) is 161 Å². The molecule has 0 radical (unpaired) electrons. The molecule has 0 aliphatic heterocycles. The molecule has 58 heavy (non-hydrogen) atoms. The molecule has 0 fully saturated rings. The van der Waals surface area contributed by atoms with Crippen LogP contribution in [-0.2, 0) is 23.8 Å². The number of hydrogen-bond acceptors (Lipinski definition) is 6. The van der Waals surface area contributed by atoms with E-state index < -0.39 is 18.4 Å². The molecule has 332 valence electrons. The first kappa shape index (κ1) is 55.0. The summed E-state index contributed by atoms with van der Waals surface area (Å²) in [5, 5.41) is 19.3. The van der Waals surface area contributed by atoms with Crippen LogP contribution in [0.2, 0.25) is 0 Å². The third kappa shape index (κ3) is 44.1. The number of carbonyl (C=O) groups is 2. The minimum absolute atomic E-state index is 0.208. The van der Waals surface area contributed by atoms with Gasteiger partial charge >= 0.3 is 11.9 Å². The fraction of sp³-hybridized carbons (Fsp3) is 0.680. The normalized spacial score (nSPS) is 13.9.